The number of aromatic nitrogens is 1. The highest BCUT2D eigenvalue weighted by molar-refractivity contribution is 7.13. The highest BCUT2D eigenvalue weighted by atomic mass is 32.1. The zero-order valence-electron chi connectivity index (χ0n) is 13.2. The largest absolute Gasteiger partial charge is 0.391 e. The lowest BCUT2D eigenvalue weighted by atomic mass is 9.91. The number of thiazole rings is 1. The zero-order chi connectivity index (χ0) is 15.6. The Kier molecular flexibility index (Phi) is 4.88. The number of β-amino-alcohol motifs (C(OH)–C–C–N with tert-alkyl or cyclic N) is 1. The third kappa shape index (κ3) is 4.68. The van der Waals surface area contributed by atoms with Crippen LogP contribution < -0.4 is 5.32 Å². The number of piperidine rings is 1. The molecule has 0 bridgehead atoms. The first-order chi connectivity index (χ1) is 9.74. The van der Waals surface area contributed by atoms with E-state index < -0.39 is 6.10 Å². The molecule has 1 aromatic rings. The topological polar surface area (TPSA) is 65.5 Å². The summed E-state index contributed by atoms with van der Waals surface area (Å²) < 4.78 is 0. The van der Waals surface area contributed by atoms with Gasteiger partial charge in [-0.15, -0.1) is 11.3 Å². The number of aliphatic hydroxyl groups is 1. The van der Waals surface area contributed by atoms with Crippen molar-refractivity contribution in [3.8, 4) is 0 Å². The monoisotopic (exact) mass is 311 g/mol. The summed E-state index contributed by atoms with van der Waals surface area (Å²) in [6.07, 6.45) is 1.29. The molecule has 5 nitrogen and oxygen atoms in total. The van der Waals surface area contributed by atoms with E-state index in [1.54, 1.807) is 4.90 Å². The first-order valence-electron chi connectivity index (χ1n) is 7.43. The number of nitrogens with zero attached hydrogens (tertiary/aromatic N) is 2. The number of carbonyl (C=O) groups excluding carboxylic acids is 1. The van der Waals surface area contributed by atoms with E-state index in [4.69, 9.17) is 0 Å². The van der Waals surface area contributed by atoms with Crippen LogP contribution in [0, 0.1) is 11.3 Å². The molecule has 6 heteroatoms. The number of carbonyl (C=O) groups is 1. The summed E-state index contributed by atoms with van der Waals surface area (Å²) in [4.78, 5) is 18.3. The molecule has 1 saturated heterocycles. The fourth-order valence-electron chi connectivity index (χ4n) is 2.39. The fourth-order valence-corrected chi connectivity index (χ4v) is 3.09. The van der Waals surface area contributed by atoms with Gasteiger partial charge in [-0.25, -0.2) is 9.78 Å². The van der Waals surface area contributed by atoms with E-state index in [-0.39, 0.29) is 17.4 Å². The van der Waals surface area contributed by atoms with Gasteiger partial charge in [-0.05, 0) is 24.2 Å². The minimum Gasteiger partial charge on any atom is -0.391 e. The Bertz CT molecular complexity index is 495. The number of likely N-dealkylation sites (tertiary alicyclic amines) is 1. The van der Waals surface area contributed by atoms with E-state index >= 15 is 0 Å². The van der Waals surface area contributed by atoms with Crippen molar-refractivity contribution < 1.29 is 9.90 Å². The van der Waals surface area contributed by atoms with E-state index in [1.807, 2.05) is 12.3 Å². The molecular weight excluding hydrogens is 286 g/mol. The zero-order valence-corrected chi connectivity index (χ0v) is 14.0. The second kappa shape index (κ2) is 6.32. The summed E-state index contributed by atoms with van der Waals surface area (Å²) in [5.74, 6) is 0.257. The third-order valence-electron chi connectivity index (χ3n) is 3.68. The molecule has 1 aromatic heterocycles. The molecule has 118 valence electrons. The quantitative estimate of drug-likeness (QED) is 0.882. The average molecular weight is 311 g/mol. The van der Waals surface area contributed by atoms with Crippen LogP contribution >= 0.6 is 11.3 Å². The van der Waals surface area contributed by atoms with Gasteiger partial charge in [0.1, 0.15) is 0 Å². The molecule has 2 atom stereocenters. The predicted molar refractivity (Wildman–Crippen MR) is 85.7 cm³/mol. The first kappa shape index (κ1) is 16.2. The van der Waals surface area contributed by atoms with E-state index in [9.17, 15) is 9.90 Å². The van der Waals surface area contributed by atoms with E-state index in [0.29, 0.717) is 18.2 Å². The number of aliphatic hydroxyl groups excluding tert-OH is 1. The number of hydrogen-bond acceptors (Lipinski definition) is 4. The van der Waals surface area contributed by atoms with Crippen molar-refractivity contribution in [2.24, 2.45) is 11.3 Å². The van der Waals surface area contributed by atoms with Gasteiger partial charge in [0.2, 0.25) is 0 Å². The van der Waals surface area contributed by atoms with Gasteiger partial charge >= 0.3 is 6.03 Å². The normalized spacial score (nSPS) is 23.2. The van der Waals surface area contributed by atoms with Crippen molar-refractivity contribution >= 4 is 22.5 Å². The third-order valence-corrected chi connectivity index (χ3v) is 4.49. The molecule has 0 spiro atoms. The Balaban J connectivity index is 1.91. The van der Waals surface area contributed by atoms with E-state index in [2.05, 4.69) is 31.1 Å². The van der Waals surface area contributed by atoms with Crippen molar-refractivity contribution in [1.29, 1.82) is 0 Å². The molecule has 2 rings (SSSR count). The maximum absolute atomic E-state index is 12.2. The minimum atomic E-state index is -0.433. The summed E-state index contributed by atoms with van der Waals surface area (Å²) in [6.45, 7) is 9.60. The van der Waals surface area contributed by atoms with Gasteiger partial charge in [-0.1, -0.05) is 27.7 Å². The molecule has 2 N–H and O–H groups in total. The lowest BCUT2D eigenvalue weighted by Crippen LogP contribution is -2.47. The van der Waals surface area contributed by atoms with Crippen LogP contribution in [-0.4, -0.2) is 40.2 Å². The van der Waals surface area contributed by atoms with Crippen LogP contribution in [-0.2, 0) is 6.42 Å². The first-order valence-corrected chi connectivity index (χ1v) is 8.31. The number of nitrogens with one attached hydrogen (secondary N) is 1. The Morgan fingerprint density at radius 2 is 2.29 bits per heavy atom. The van der Waals surface area contributed by atoms with Crippen LogP contribution in [0.15, 0.2) is 5.38 Å². The molecule has 21 heavy (non-hydrogen) atoms. The van der Waals surface area contributed by atoms with Crippen molar-refractivity contribution in [2.45, 2.75) is 46.6 Å². The maximum atomic E-state index is 12.2. The van der Waals surface area contributed by atoms with Gasteiger partial charge in [0.05, 0.1) is 11.8 Å². The standard InChI is InChI=1S/C15H25N3O2S/c1-10-5-6-18(8-12(10)19)14(20)17-13-16-11(9-21-13)7-15(2,3)4/h9-10,12,19H,5-8H2,1-4H3,(H,16,17,20). The van der Waals surface area contributed by atoms with Crippen molar-refractivity contribution in [3.05, 3.63) is 11.1 Å². The second-order valence-electron chi connectivity index (χ2n) is 7.09. The molecule has 2 unspecified atom stereocenters. The predicted octanol–water partition coefficient (Wildman–Crippen LogP) is 2.97. The van der Waals surface area contributed by atoms with Crippen LogP contribution in [0.1, 0.15) is 39.8 Å². The highest BCUT2D eigenvalue weighted by Crippen LogP contribution is 2.24. The number of anilines is 1. The van der Waals surface area contributed by atoms with Crippen LogP contribution in [0.3, 0.4) is 0 Å². The summed E-state index contributed by atoms with van der Waals surface area (Å²) in [7, 11) is 0. The summed E-state index contributed by atoms with van der Waals surface area (Å²) in [5, 5.41) is 15.3. The van der Waals surface area contributed by atoms with Crippen molar-refractivity contribution in [2.75, 3.05) is 18.4 Å². The van der Waals surface area contributed by atoms with Gasteiger partial charge in [-0.2, -0.15) is 0 Å². The van der Waals surface area contributed by atoms with Crippen LogP contribution in [0.4, 0.5) is 9.93 Å². The molecule has 0 radical (unpaired) electrons. The average Bonchev–Trinajstić information content (AvgIpc) is 2.77. The Labute approximate surface area is 130 Å². The summed E-state index contributed by atoms with van der Waals surface area (Å²) >= 11 is 1.45. The number of amides is 2. The van der Waals surface area contributed by atoms with E-state index in [0.717, 1.165) is 18.5 Å². The van der Waals surface area contributed by atoms with Crippen LogP contribution in [0.2, 0.25) is 0 Å². The van der Waals surface area contributed by atoms with E-state index in [1.165, 1.54) is 11.3 Å². The maximum Gasteiger partial charge on any atom is 0.323 e. The van der Waals surface area contributed by atoms with Gasteiger partial charge in [0.25, 0.3) is 0 Å². The molecule has 0 aromatic carbocycles. The molecular formula is C15H25N3O2S. The smallest absolute Gasteiger partial charge is 0.323 e. The number of hydrogen-bond donors (Lipinski definition) is 2. The molecule has 1 aliphatic rings. The van der Waals surface area contributed by atoms with Gasteiger partial charge in [-0.3, -0.25) is 5.32 Å². The lowest BCUT2D eigenvalue weighted by molar-refractivity contribution is 0.0464. The van der Waals surface area contributed by atoms with Crippen LogP contribution in [0.25, 0.3) is 0 Å². The summed E-state index contributed by atoms with van der Waals surface area (Å²) in [6, 6.07) is -0.169. The Morgan fingerprint density at radius 3 is 2.90 bits per heavy atom. The highest BCUT2D eigenvalue weighted by Gasteiger charge is 2.27. The van der Waals surface area contributed by atoms with Crippen molar-refractivity contribution in [1.82, 2.24) is 9.88 Å². The van der Waals surface area contributed by atoms with Gasteiger partial charge < -0.3 is 10.0 Å². The lowest BCUT2D eigenvalue weighted by Gasteiger charge is -2.33. The van der Waals surface area contributed by atoms with Gasteiger partial charge in [0, 0.05) is 18.5 Å². The Morgan fingerprint density at radius 1 is 1.57 bits per heavy atom. The number of rotatable bonds is 2. The molecule has 1 fully saturated rings. The minimum absolute atomic E-state index is 0.169. The molecule has 0 saturated carbocycles. The Hall–Kier alpha value is -1.14. The molecule has 2 amide bonds. The second-order valence-corrected chi connectivity index (χ2v) is 7.95. The van der Waals surface area contributed by atoms with Crippen LogP contribution in [0.5, 0.6) is 0 Å². The molecule has 1 aliphatic heterocycles. The molecule has 2 heterocycles. The van der Waals surface area contributed by atoms with Gasteiger partial charge in [0.15, 0.2) is 5.13 Å². The van der Waals surface area contributed by atoms with Crippen molar-refractivity contribution in [3.63, 3.8) is 0 Å². The fraction of sp³-hybridized carbons (Fsp3) is 0.733. The summed E-state index contributed by atoms with van der Waals surface area (Å²) in [5.41, 5.74) is 1.19. The number of urea groups is 1. The SMILES string of the molecule is CC1CCN(C(=O)Nc2nc(CC(C)(C)C)cs2)CC1O. The molecule has 0 aliphatic carbocycles.